The molecule has 1 rings (SSSR count). The summed E-state index contributed by atoms with van der Waals surface area (Å²) < 4.78 is 5.18. The van der Waals surface area contributed by atoms with Gasteiger partial charge in [0.15, 0.2) is 0 Å². The standard InChI is InChI=1S/C14H20N2O2S/c1-4-5-11(13(15)19)14(17)16-10-6-7-12(18-3)9(2)8-10/h6-8,11H,4-5H2,1-3H3,(H2,15,19)(H,16,17). The number of amides is 1. The van der Waals surface area contributed by atoms with E-state index in [4.69, 9.17) is 22.7 Å². The van der Waals surface area contributed by atoms with Crippen molar-refractivity contribution in [1.82, 2.24) is 0 Å². The third kappa shape index (κ3) is 4.21. The number of hydrogen-bond donors (Lipinski definition) is 2. The normalized spacial score (nSPS) is 11.7. The molecule has 1 amide bonds. The molecule has 0 radical (unpaired) electrons. The van der Waals surface area contributed by atoms with Crippen LogP contribution in [-0.2, 0) is 4.79 Å². The molecule has 5 heteroatoms. The average Bonchev–Trinajstić information content (AvgIpc) is 2.35. The summed E-state index contributed by atoms with van der Waals surface area (Å²) >= 11 is 4.94. The summed E-state index contributed by atoms with van der Waals surface area (Å²) in [5.41, 5.74) is 7.29. The van der Waals surface area contributed by atoms with Gasteiger partial charge in [0, 0.05) is 5.69 Å². The van der Waals surface area contributed by atoms with E-state index >= 15 is 0 Å². The molecule has 0 aliphatic carbocycles. The van der Waals surface area contributed by atoms with E-state index < -0.39 is 5.92 Å². The summed E-state index contributed by atoms with van der Waals surface area (Å²) in [4.78, 5) is 12.3. The Bertz CT molecular complexity index is 475. The number of rotatable bonds is 6. The molecule has 3 N–H and O–H groups in total. The number of nitrogens with two attached hydrogens (primary N) is 1. The number of methoxy groups -OCH3 is 1. The van der Waals surface area contributed by atoms with Crippen molar-refractivity contribution in [1.29, 1.82) is 0 Å². The van der Waals surface area contributed by atoms with Crippen molar-refractivity contribution in [2.45, 2.75) is 26.7 Å². The van der Waals surface area contributed by atoms with Crippen LogP contribution >= 0.6 is 12.2 Å². The van der Waals surface area contributed by atoms with E-state index in [0.29, 0.717) is 6.42 Å². The van der Waals surface area contributed by atoms with Crippen LogP contribution in [0.25, 0.3) is 0 Å². The Morgan fingerprint density at radius 2 is 2.21 bits per heavy atom. The van der Waals surface area contributed by atoms with Crippen LogP contribution in [0.15, 0.2) is 18.2 Å². The van der Waals surface area contributed by atoms with Gasteiger partial charge in [0.05, 0.1) is 18.0 Å². The minimum atomic E-state index is -0.414. The molecular weight excluding hydrogens is 260 g/mol. The first-order chi connectivity index (χ1) is 8.99. The van der Waals surface area contributed by atoms with Crippen LogP contribution in [0.4, 0.5) is 5.69 Å². The Morgan fingerprint density at radius 3 is 2.68 bits per heavy atom. The van der Waals surface area contributed by atoms with Gasteiger partial charge >= 0.3 is 0 Å². The Balaban J connectivity index is 2.80. The summed E-state index contributed by atoms with van der Waals surface area (Å²) in [6.07, 6.45) is 1.52. The SMILES string of the molecule is CCCC(C(=O)Nc1ccc(OC)c(C)c1)C(N)=S. The maximum absolute atomic E-state index is 12.1. The number of hydrogen-bond acceptors (Lipinski definition) is 3. The fourth-order valence-corrected chi connectivity index (χ4v) is 2.10. The third-order valence-electron chi connectivity index (χ3n) is 2.90. The lowest BCUT2D eigenvalue weighted by Crippen LogP contribution is -2.33. The van der Waals surface area contributed by atoms with Crippen LogP contribution in [-0.4, -0.2) is 18.0 Å². The van der Waals surface area contributed by atoms with Gasteiger partial charge in [-0.15, -0.1) is 0 Å². The van der Waals surface area contributed by atoms with Crippen LogP contribution in [0.1, 0.15) is 25.3 Å². The average molecular weight is 280 g/mol. The zero-order valence-corrected chi connectivity index (χ0v) is 12.3. The molecule has 1 unspecified atom stereocenters. The molecular formula is C14H20N2O2S. The van der Waals surface area contributed by atoms with Crippen molar-refractivity contribution in [2.75, 3.05) is 12.4 Å². The first-order valence-electron chi connectivity index (χ1n) is 6.24. The topological polar surface area (TPSA) is 64.3 Å². The fourth-order valence-electron chi connectivity index (χ4n) is 1.88. The second-order valence-electron chi connectivity index (χ2n) is 4.42. The highest BCUT2D eigenvalue weighted by atomic mass is 32.1. The molecule has 1 atom stereocenters. The first kappa shape index (κ1) is 15.4. The summed E-state index contributed by atoms with van der Waals surface area (Å²) in [5, 5.41) is 2.84. The highest BCUT2D eigenvalue weighted by Gasteiger charge is 2.20. The van der Waals surface area contributed by atoms with Crippen LogP contribution in [0, 0.1) is 12.8 Å². The largest absolute Gasteiger partial charge is 0.496 e. The number of benzene rings is 1. The number of anilines is 1. The second kappa shape index (κ2) is 7.09. The van der Waals surface area contributed by atoms with Crippen LogP contribution < -0.4 is 15.8 Å². The Hall–Kier alpha value is -1.62. The zero-order valence-electron chi connectivity index (χ0n) is 11.5. The van der Waals surface area contributed by atoms with Crippen molar-refractivity contribution in [3.05, 3.63) is 23.8 Å². The van der Waals surface area contributed by atoms with E-state index in [1.165, 1.54) is 0 Å². The lowest BCUT2D eigenvalue weighted by Gasteiger charge is -2.15. The number of carbonyl (C=O) groups is 1. The molecule has 1 aromatic rings. The Morgan fingerprint density at radius 1 is 1.53 bits per heavy atom. The first-order valence-corrected chi connectivity index (χ1v) is 6.65. The fraction of sp³-hybridized carbons (Fsp3) is 0.429. The van der Waals surface area contributed by atoms with Gasteiger partial charge in [0.1, 0.15) is 5.75 Å². The van der Waals surface area contributed by atoms with Gasteiger partial charge in [-0.3, -0.25) is 4.79 Å². The van der Waals surface area contributed by atoms with Gasteiger partial charge in [-0.1, -0.05) is 25.6 Å². The molecule has 0 aromatic heterocycles. The molecule has 0 saturated heterocycles. The highest BCUT2D eigenvalue weighted by Crippen LogP contribution is 2.22. The number of carbonyl (C=O) groups excluding carboxylic acids is 1. The number of ether oxygens (including phenoxy) is 1. The molecule has 0 heterocycles. The van der Waals surface area contributed by atoms with E-state index in [1.54, 1.807) is 13.2 Å². The summed E-state index contributed by atoms with van der Waals surface area (Å²) in [6, 6.07) is 5.48. The predicted octanol–water partition coefficient (Wildman–Crippen LogP) is 2.64. The van der Waals surface area contributed by atoms with Crippen LogP contribution in [0.3, 0.4) is 0 Å². The van der Waals surface area contributed by atoms with Gasteiger partial charge < -0.3 is 15.8 Å². The summed E-state index contributed by atoms with van der Waals surface area (Å²) in [6.45, 7) is 3.92. The van der Waals surface area contributed by atoms with Gasteiger partial charge in [-0.2, -0.15) is 0 Å². The van der Waals surface area contributed by atoms with Crippen molar-refractivity contribution < 1.29 is 9.53 Å². The monoisotopic (exact) mass is 280 g/mol. The second-order valence-corrected chi connectivity index (χ2v) is 4.89. The minimum absolute atomic E-state index is 0.154. The van der Waals surface area contributed by atoms with Crippen LogP contribution in [0.2, 0.25) is 0 Å². The van der Waals surface area contributed by atoms with E-state index in [0.717, 1.165) is 23.4 Å². The molecule has 104 valence electrons. The molecule has 0 aliphatic rings. The lowest BCUT2D eigenvalue weighted by atomic mass is 10.0. The van der Waals surface area contributed by atoms with Crippen LogP contribution in [0.5, 0.6) is 5.75 Å². The minimum Gasteiger partial charge on any atom is -0.496 e. The molecule has 0 saturated carbocycles. The molecule has 0 aliphatic heterocycles. The predicted molar refractivity (Wildman–Crippen MR) is 81.5 cm³/mol. The third-order valence-corrected chi connectivity index (χ3v) is 3.18. The maximum Gasteiger partial charge on any atom is 0.234 e. The molecule has 0 fully saturated rings. The van der Waals surface area contributed by atoms with Crippen molar-refractivity contribution in [3.63, 3.8) is 0 Å². The van der Waals surface area contributed by atoms with Gasteiger partial charge in [-0.05, 0) is 37.1 Å². The molecule has 0 bridgehead atoms. The molecule has 4 nitrogen and oxygen atoms in total. The van der Waals surface area contributed by atoms with Gasteiger partial charge in [0.2, 0.25) is 5.91 Å². The van der Waals surface area contributed by atoms with E-state index in [1.807, 2.05) is 26.0 Å². The lowest BCUT2D eigenvalue weighted by molar-refractivity contribution is -0.118. The molecule has 0 spiro atoms. The maximum atomic E-state index is 12.1. The van der Waals surface area contributed by atoms with E-state index in [-0.39, 0.29) is 10.9 Å². The van der Waals surface area contributed by atoms with E-state index in [9.17, 15) is 4.79 Å². The van der Waals surface area contributed by atoms with Crippen molar-refractivity contribution >= 4 is 28.8 Å². The highest BCUT2D eigenvalue weighted by molar-refractivity contribution is 7.80. The number of nitrogens with one attached hydrogen (secondary N) is 1. The van der Waals surface area contributed by atoms with E-state index in [2.05, 4.69) is 5.32 Å². The summed E-state index contributed by atoms with van der Waals surface area (Å²) in [7, 11) is 1.62. The number of aryl methyl sites for hydroxylation is 1. The van der Waals surface area contributed by atoms with Gasteiger partial charge in [-0.25, -0.2) is 0 Å². The quantitative estimate of drug-likeness (QED) is 0.786. The Labute approximate surface area is 119 Å². The summed E-state index contributed by atoms with van der Waals surface area (Å²) in [5.74, 6) is 0.221. The smallest absolute Gasteiger partial charge is 0.234 e. The Kier molecular flexibility index (Phi) is 5.76. The molecule has 19 heavy (non-hydrogen) atoms. The van der Waals surface area contributed by atoms with Gasteiger partial charge in [0.25, 0.3) is 0 Å². The zero-order chi connectivity index (χ0) is 14.4. The van der Waals surface area contributed by atoms with Crippen molar-refractivity contribution in [2.24, 2.45) is 11.7 Å². The number of thiocarbonyl (C=S) groups is 1. The molecule has 1 aromatic carbocycles. The van der Waals surface area contributed by atoms with Crippen molar-refractivity contribution in [3.8, 4) is 5.75 Å².